The average molecular weight is 340 g/mol. The number of nitrogens with zero attached hydrogens (tertiary/aromatic N) is 2. The molecule has 0 unspecified atom stereocenters. The first-order valence-corrected chi connectivity index (χ1v) is 8.78. The Kier molecular flexibility index (Phi) is 4.26. The Morgan fingerprint density at radius 3 is 2.92 bits per heavy atom. The van der Waals surface area contributed by atoms with Gasteiger partial charge in [-0.25, -0.2) is 4.39 Å². The minimum absolute atomic E-state index is 0.187. The fraction of sp³-hybridized carbons (Fsp3) is 0.368. The van der Waals surface area contributed by atoms with E-state index >= 15 is 0 Å². The van der Waals surface area contributed by atoms with Crippen molar-refractivity contribution in [2.75, 3.05) is 0 Å². The van der Waals surface area contributed by atoms with Gasteiger partial charge in [0.15, 0.2) is 0 Å². The number of rotatable bonds is 4. The SMILES string of the molecule is O=C(NC1CCCCC1)c1cn(Cc2cn[nH]c2)c2cccc(F)c12. The third-order valence-electron chi connectivity index (χ3n) is 4.95. The molecule has 2 heterocycles. The molecule has 1 aliphatic rings. The number of aromatic amines is 1. The molecule has 1 fully saturated rings. The topological polar surface area (TPSA) is 62.7 Å². The summed E-state index contributed by atoms with van der Waals surface area (Å²) in [6.45, 7) is 0.535. The highest BCUT2D eigenvalue weighted by Crippen LogP contribution is 2.26. The smallest absolute Gasteiger partial charge is 0.253 e. The normalized spacial score (nSPS) is 15.6. The van der Waals surface area contributed by atoms with Gasteiger partial charge in [0.1, 0.15) is 5.82 Å². The molecule has 0 radical (unpaired) electrons. The predicted molar refractivity (Wildman–Crippen MR) is 93.9 cm³/mol. The summed E-state index contributed by atoms with van der Waals surface area (Å²) in [6, 6.07) is 5.12. The summed E-state index contributed by atoms with van der Waals surface area (Å²) in [4.78, 5) is 12.8. The van der Waals surface area contributed by atoms with Crippen molar-refractivity contribution in [3.8, 4) is 0 Å². The number of fused-ring (bicyclic) bond motifs is 1. The molecule has 1 aromatic carbocycles. The highest BCUT2D eigenvalue weighted by Gasteiger charge is 2.22. The van der Waals surface area contributed by atoms with E-state index in [9.17, 15) is 9.18 Å². The van der Waals surface area contributed by atoms with E-state index in [1.807, 2.05) is 10.6 Å². The monoisotopic (exact) mass is 340 g/mol. The van der Waals surface area contributed by atoms with E-state index < -0.39 is 0 Å². The van der Waals surface area contributed by atoms with Gasteiger partial charge in [0.2, 0.25) is 0 Å². The summed E-state index contributed by atoms with van der Waals surface area (Å²) < 4.78 is 16.4. The molecule has 1 saturated carbocycles. The number of aromatic nitrogens is 3. The first-order chi connectivity index (χ1) is 12.2. The molecular formula is C19H21FN4O. The van der Waals surface area contributed by atoms with Crippen LogP contribution in [0.2, 0.25) is 0 Å². The van der Waals surface area contributed by atoms with Crippen LogP contribution in [-0.4, -0.2) is 26.7 Å². The van der Waals surface area contributed by atoms with Gasteiger partial charge in [0.25, 0.3) is 5.91 Å². The number of nitrogens with one attached hydrogen (secondary N) is 2. The molecule has 2 aromatic heterocycles. The van der Waals surface area contributed by atoms with E-state index in [-0.39, 0.29) is 17.8 Å². The molecule has 0 spiro atoms. The Morgan fingerprint density at radius 2 is 2.16 bits per heavy atom. The van der Waals surface area contributed by atoms with Crippen LogP contribution < -0.4 is 5.32 Å². The van der Waals surface area contributed by atoms with Crippen LogP contribution >= 0.6 is 0 Å². The number of hydrogen-bond donors (Lipinski definition) is 2. The highest BCUT2D eigenvalue weighted by atomic mass is 19.1. The van der Waals surface area contributed by atoms with Gasteiger partial charge in [-0.1, -0.05) is 25.3 Å². The van der Waals surface area contributed by atoms with Crippen molar-refractivity contribution in [1.82, 2.24) is 20.1 Å². The standard InChI is InChI=1S/C19H21FN4O/c20-16-7-4-8-17-18(16)15(12-24(17)11-13-9-21-22-10-13)19(25)23-14-5-2-1-3-6-14/h4,7-10,12,14H,1-3,5-6,11H2,(H,21,22)(H,23,25). The van der Waals surface area contributed by atoms with Crippen molar-refractivity contribution in [3.63, 3.8) is 0 Å². The Labute approximate surface area is 145 Å². The summed E-state index contributed by atoms with van der Waals surface area (Å²) in [6.07, 6.45) is 10.8. The Hall–Kier alpha value is -2.63. The third kappa shape index (κ3) is 3.16. The molecule has 5 nitrogen and oxygen atoms in total. The van der Waals surface area contributed by atoms with Crippen LogP contribution in [0, 0.1) is 5.82 Å². The third-order valence-corrected chi connectivity index (χ3v) is 4.95. The Morgan fingerprint density at radius 1 is 1.32 bits per heavy atom. The van der Waals surface area contributed by atoms with Gasteiger partial charge in [-0.15, -0.1) is 0 Å². The number of benzene rings is 1. The lowest BCUT2D eigenvalue weighted by atomic mass is 9.95. The van der Waals surface area contributed by atoms with E-state index in [0.29, 0.717) is 17.5 Å². The van der Waals surface area contributed by atoms with Crippen molar-refractivity contribution in [2.24, 2.45) is 0 Å². The van der Waals surface area contributed by atoms with Gasteiger partial charge in [0, 0.05) is 29.4 Å². The first-order valence-electron chi connectivity index (χ1n) is 8.78. The average Bonchev–Trinajstić information content (AvgIpc) is 3.25. The number of carbonyl (C=O) groups is 1. The maximum Gasteiger partial charge on any atom is 0.253 e. The maximum atomic E-state index is 14.5. The van der Waals surface area contributed by atoms with Crippen LogP contribution in [0.15, 0.2) is 36.8 Å². The fourth-order valence-electron chi connectivity index (χ4n) is 3.68. The fourth-order valence-corrected chi connectivity index (χ4v) is 3.68. The number of halogens is 1. The largest absolute Gasteiger partial charge is 0.349 e. The lowest BCUT2D eigenvalue weighted by Gasteiger charge is -2.22. The Bertz CT molecular complexity index is 878. The van der Waals surface area contributed by atoms with Crippen molar-refractivity contribution in [1.29, 1.82) is 0 Å². The number of H-pyrrole nitrogens is 1. The number of hydrogen-bond acceptors (Lipinski definition) is 2. The molecule has 0 atom stereocenters. The number of carbonyl (C=O) groups excluding carboxylic acids is 1. The molecular weight excluding hydrogens is 319 g/mol. The lowest BCUT2D eigenvalue weighted by molar-refractivity contribution is 0.0929. The maximum absolute atomic E-state index is 14.5. The zero-order valence-electron chi connectivity index (χ0n) is 14.0. The molecule has 4 rings (SSSR count). The van der Waals surface area contributed by atoms with Crippen molar-refractivity contribution < 1.29 is 9.18 Å². The van der Waals surface area contributed by atoms with Crippen LogP contribution in [0.5, 0.6) is 0 Å². The molecule has 130 valence electrons. The summed E-state index contributed by atoms with van der Waals surface area (Å²) in [7, 11) is 0. The summed E-state index contributed by atoms with van der Waals surface area (Å²) in [5.74, 6) is -0.551. The van der Waals surface area contributed by atoms with Gasteiger partial charge in [-0.3, -0.25) is 9.89 Å². The molecule has 0 saturated heterocycles. The quantitative estimate of drug-likeness (QED) is 0.762. The zero-order chi connectivity index (χ0) is 17.2. The molecule has 1 aliphatic carbocycles. The highest BCUT2D eigenvalue weighted by molar-refractivity contribution is 6.07. The second kappa shape index (κ2) is 6.70. The van der Waals surface area contributed by atoms with Gasteiger partial charge < -0.3 is 9.88 Å². The van der Waals surface area contributed by atoms with Crippen molar-refractivity contribution in [3.05, 3.63) is 53.7 Å². The Balaban J connectivity index is 1.68. The molecule has 1 amide bonds. The van der Waals surface area contributed by atoms with Crippen LogP contribution in [0.25, 0.3) is 10.9 Å². The van der Waals surface area contributed by atoms with Gasteiger partial charge in [-0.2, -0.15) is 5.10 Å². The van der Waals surface area contributed by atoms with Gasteiger partial charge >= 0.3 is 0 Å². The second-order valence-electron chi connectivity index (χ2n) is 6.72. The van der Waals surface area contributed by atoms with Crippen LogP contribution in [0.4, 0.5) is 4.39 Å². The summed E-state index contributed by atoms with van der Waals surface area (Å²) in [5, 5.41) is 10.2. The molecule has 6 heteroatoms. The lowest BCUT2D eigenvalue weighted by Crippen LogP contribution is -2.36. The minimum Gasteiger partial charge on any atom is -0.349 e. The van der Waals surface area contributed by atoms with Crippen LogP contribution in [0.3, 0.4) is 0 Å². The van der Waals surface area contributed by atoms with Gasteiger partial charge in [-0.05, 0) is 25.0 Å². The van der Waals surface area contributed by atoms with Gasteiger partial charge in [0.05, 0.1) is 23.8 Å². The first kappa shape index (κ1) is 15.9. The minimum atomic E-state index is -0.364. The molecule has 2 N–H and O–H groups in total. The molecule has 3 aromatic rings. The van der Waals surface area contributed by atoms with E-state index in [1.54, 1.807) is 24.7 Å². The van der Waals surface area contributed by atoms with E-state index in [0.717, 1.165) is 36.8 Å². The molecule has 0 aliphatic heterocycles. The van der Waals surface area contributed by atoms with Crippen LogP contribution in [0.1, 0.15) is 48.0 Å². The number of amides is 1. The van der Waals surface area contributed by atoms with Crippen LogP contribution in [-0.2, 0) is 6.54 Å². The summed E-state index contributed by atoms with van der Waals surface area (Å²) >= 11 is 0. The predicted octanol–water partition coefficient (Wildman–Crippen LogP) is 3.61. The molecule has 25 heavy (non-hydrogen) atoms. The molecule has 0 bridgehead atoms. The summed E-state index contributed by atoms with van der Waals surface area (Å²) in [5.41, 5.74) is 2.09. The van der Waals surface area contributed by atoms with E-state index in [4.69, 9.17) is 0 Å². The van der Waals surface area contributed by atoms with E-state index in [1.165, 1.54) is 12.5 Å². The van der Waals surface area contributed by atoms with Crippen molar-refractivity contribution in [2.45, 2.75) is 44.7 Å². The second-order valence-corrected chi connectivity index (χ2v) is 6.72. The zero-order valence-corrected chi connectivity index (χ0v) is 14.0. The van der Waals surface area contributed by atoms with E-state index in [2.05, 4.69) is 15.5 Å². The van der Waals surface area contributed by atoms with Crippen molar-refractivity contribution >= 4 is 16.8 Å².